The van der Waals surface area contributed by atoms with Crippen molar-refractivity contribution in [3.05, 3.63) is 76.9 Å². The molecule has 1 aliphatic heterocycles. The lowest BCUT2D eigenvalue weighted by Crippen LogP contribution is -2.07. The first-order chi connectivity index (χ1) is 11.6. The van der Waals surface area contributed by atoms with E-state index in [4.69, 9.17) is 4.74 Å². The van der Waals surface area contributed by atoms with Crippen LogP contribution in [-0.2, 0) is 16.0 Å². The van der Waals surface area contributed by atoms with Crippen molar-refractivity contribution >= 4 is 23.5 Å². The first kappa shape index (κ1) is 16.1. The molecule has 1 heterocycles. The Bertz CT molecular complexity index is 797. The molecule has 0 unspecified atom stereocenters. The van der Waals surface area contributed by atoms with Gasteiger partial charge in [-0.15, -0.1) is 0 Å². The highest BCUT2D eigenvalue weighted by molar-refractivity contribution is 6.05. The molecular formula is C21H21NO2. The van der Waals surface area contributed by atoms with Crippen molar-refractivity contribution in [3.63, 3.8) is 0 Å². The third-order valence-corrected chi connectivity index (χ3v) is 4.10. The van der Waals surface area contributed by atoms with Crippen LogP contribution in [0.5, 0.6) is 0 Å². The van der Waals surface area contributed by atoms with Gasteiger partial charge in [-0.25, -0.2) is 4.79 Å². The van der Waals surface area contributed by atoms with Gasteiger partial charge in [0.1, 0.15) is 5.76 Å². The second-order valence-electron chi connectivity index (χ2n) is 6.03. The van der Waals surface area contributed by atoms with Gasteiger partial charge < -0.3 is 9.64 Å². The number of hydrogen-bond donors (Lipinski definition) is 0. The minimum absolute atomic E-state index is 0.304. The number of cyclic esters (lactones) is 1. The summed E-state index contributed by atoms with van der Waals surface area (Å²) in [6.45, 7) is 2.12. The molecule has 3 rings (SSSR count). The highest BCUT2D eigenvalue weighted by atomic mass is 16.5. The third-order valence-electron chi connectivity index (χ3n) is 4.10. The maximum absolute atomic E-state index is 12.1. The van der Waals surface area contributed by atoms with E-state index in [0.29, 0.717) is 11.3 Å². The van der Waals surface area contributed by atoms with Crippen LogP contribution in [0.4, 0.5) is 5.69 Å². The summed E-state index contributed by atoms with van der Waals surface area (Å²) in [6.07, 6.45) is 4.66. The van der Waals surface area contributed by atoms with E-state index in [0.717, 1.165) is 23.2 Å². The van der Waals surface area contributed by atoms with Crippen LogP contribution < -0.4 is 4.90 Å². The van der Waals surface area contributed by atoms with Gasteiger partial charge in [0.05, 0.1) is 5.57 Å². The SMILES string of the molecule is CCc1ccc(C2=CC(=Cc3ccc(N(C)C)cc3)C(=O)O2)cc1. The molecule has 3 nitrogen and oxygen atoms in total. The number of carbonyl (C=O) groups excluding carboxylic acids is 1. The third kappa shape index (κ3) is 3.40. The van der Waals surface area contributed by atoms with Crippen LogP contribution in [0.3, 0.4) is 0 Å². The summed E-state index contributed by atoms with van der Waals surface area (Å²) in [7, 11) is 4.00. The molecular weight excluding hydrogens is 298 g/mol. The minimum Gasteiger partial charge on any atom is -0.422 e. The van der Waals surface area contributed by atoms with Crippen molar-refractivity contribution in [2.75, 3.05) is 19.0 Å². The van der Waals surface area contributed by atoms with E-state index in [-0.39, 0.29) is 5.97 Å². The van der Waals surface area contributed by atoms with E-state index in [1.807, 2.05) is 67.5 Å². The van der Waals surface area contributed by atoms with E-state index in [2.05, 4.69) is 19.1 Å². The molecule has 1 aliphatic rings. The van der Waals surface area contributed by atoms with Crippen LogP contribution in [0.1, 0.15) is 23.6 Å². The average molecular weight is 319 g/mol. The molecule has 0 aliphatic carbocycles. The van der Waals surface area contributed by atoms with Gasteiger partial charge in [-0.1, -0.05) is 43.3 Å². The lowest BCUT2D eigenvalue weighted by Gasteiger charge is -2.11. The van der Waals surface area contributed by atoms with Gasteiger partial charge in [0.25, 0.3) is 0 Å². The molecule has 2 aromatic carbocycles. The summed E-state index contributed by atoms with van der Waals surface area (Å²) < 4.78 is 5.41. The van der Waals surface area contributed by atoms with Crippen LogP contribution in [0.2, 0.25) is 0 Å². The van der Waals surface area contributed by atoms with Crippen LogP contribution in [0, 0.1) is 0 Å². The standard InChI is InChI=1S/C21H21NO2/c1-4-15-5-9-17(10-6-15)20-14-18(21(23)24-20)13-16-7-11-19(12-8-16)22(2)3/h5-14H,4H2,1-3H3. The van der Waals surface area contributed by atoms with E-state index >= 15 is 0 Å². The maximum atomic E-state index is 12.1. The van der Waals surface area contributed by atoms with Crippen molar-refractivity contribution in [2.45, 2.75) is 13.3 Å². The molecule has 3 heteroatoms. The fourth-order valence-electron chi connectivity index (χ4n) is 2.58. The zero-order chi connectivity index (χ0) is 17.1. The van der Waals surface area contributed by atoms with Gasteiger partial charge in [-0.2, -0.15) is 0 Å². The summed E-state index contributed by atoms with van der Waals surface area (Å²) in [6, 6.07) is 16.2. The summed E-state index contributed by atoms with van der Waals surface area (Å²) in [4.78, 5) is 14.2. The Kier molecular flexibility index (Phi) is 4.52. The Hall–Kier alpha value is -2.81. The molecule has 0 bridgehead atoms. The van der Waals surface area contributed by atoms with Gasteiger partial charge in [0.2, 0.25) is 0 Å². The number of anilines is 1. The Labute approximate surface area is 142 Å². The topological polar surface area (TPSA) is 29.5 Å². The summed E-state index contributed by atoms with van der Waals surface area (Å²) in [5, 5.41) is 0. The van der Waals surface area contributed by atoms with Crippen molar-refractivity contribution in [1.29, 1.82) is 0 Å². The van der Waals surface area contributed by atoms with Gasteiger partial charge in [-0.3, -0.25) is 0 Å². The fraction of sp³-hybridized carbons (Fsp3) is 0.190. The molecule has 0 saturated heterocycles. The summed E-state index contributed by atoms with van der Waals surface area (Å²) >= 11 is 0. The number of aryl methyl sites for hydroxylation is 1. The lowest BCUT2D eigenvalue weighted by atomic mass is 10.1. The number of esters is 1. The van der Waals surface area contributed by atoms with E-state index < -0.39 is 0 Å². The van der Waals surface area contributed by atoms with E-state index in [9.17, 15) is 4.79 Å². The van der Waals surface area contributed by atoms with Gasteiger partial charge in [0.15, 0.2) is 0 Å². The highest BCUT2D eigenvalue weighted by Crippen LogP contribution is 2.28. The van der Waals surface area contributed by atoms with Gasteiger partial charge >= 0.3 is 5.97 Å². The quantitative estimate of drug-likeness (QED) is 0.622. The maximum Gasteiger partial charge on any atom is 0.343 e. The molecule has 2 aromatic rings. The summed E-state index contributed by atoms with van der Waals surface area (Å²) in [5.74, 6) is 0.306. The zero-order valence-corrected chi connectivity index (χ0v) is 14.2. The second-order valence-corrected chi connectivity index (χ2v) is 6.03. The van der Waals surface area contributed by atoms with Crippen molar-refractivity contribution in [1.82, 2.24) is 0 Å². The van der Waals surface area contributed by atoms with E-state index in [1.165, 1.54) is 5.56 Å². The monoisotopic (exact) mass is 319 g/mol. The van der Waals surface area contributed by atoms with Crippen LogP contribution in [0.15, 0.2) is 60.2 Å². The first-order valence-corrected chi connectivity index (χ1v) is 8.09. The normalized spacial score (nSPS) is 15.4. The Balaban J connectivity index is 1.85. The smallest absolute Gasteiger partial charge is 0.343 e. The number of rotatable bonds is 4. The molecule has 24 heavy (non-hydrogen) atoms. The minimum atomic E-state index is -0.304. The second kappa shape index (κ2) is 6.75. The number of nitrogens with zero attached hydrogens (tertiary/aromatic N) is 1. The molecule has 0 atom stereocenters. The van der Waals surface area contributed by atoms with Crippen molar-refractivity contribution < 1.29 is 9.53 Å². The molecule has 0 aromatic heterocycles. The Morgan fingerprint density at radius 3 is 2.25 bits per heavy atom. The highest BCUT2D eigenvalue weighted by Gasteiger charge is 2.21. The van der Waals surface area contributed by atoms with Crippen molar-refractivity contribution in [2.24, 2.45) is 0 Å². The molecule has 0 fully saturated rings. The van der Waals surface area contributed by atoms with Crippen LogP contribution >= 0.6 is 0 Å². The largest absolute Gasteiger partial charge is 0.422 e. The molecule has 0 N–H and O–H groups in total. The number of carbonyl (C=O) groups is 1. The van der Waals surface area contributed by atoms with Gasteiger partial charge in [-0.05, 0) is 41.8 Å². The molecule has 0 spiro atoms. The molecule has 0 amide bonds. The molecule has 0 radical (unpaired) electrons. The molecule has 0 saturated carbocycles. The van der Waals surface area contributed by atoms with Gasteiger partial charge in [0, 0.05) is 25.3 Å². The number of benzene rings is 2. The Morgan fingerprint density at radius 1 is 1.00 bits per heavy atom. The fourth-order valence-corrected chi connectivity index (χ4v) is 2.58. The number of hydrogen-bond acceptors (Lipinski definition) is 3. The predicted octanol–water partition coefficient (Wildman–Crippen LogP) is 4.30. The summed E-state index contributed by atoms with van der Waals surface area (Å²) in [5.41, 5.74) is 4.86. The van der Waals surface area contributed by atoms with Crippen LogP contribution in [0.25, 0.3) is 11.8 Å². The average Bonchev–Trinajstić information content (AvgIpc) is 2.96. The van der Waals surface area contributed by atoms with Crippen molar-refractivity contribution in [3.8, 4) is 0 Å². The van der Waals surface area contributed by atoms with Crippen LogP contribution in [-0.4, -0.2) is 20.1 Å². The Morgan fingerprint density at radius 2 is 1.67 bits per heavy atom. The molecule has 122 valence electrons. The number of ether oxygens (including phenoxy) is 1. The van der Waals surface area contributed by atoms with E-state index in [1.54, 1.807) is 0 Å². The zero-order valence-electron chi connectivity index (χ0n) is 14.2. The first-order valence-electron chi connectivity index (χ1n) is 8.09. The predicted molar refractivity (Wildman–Crippen MR) is 98.6 cm³/mol. The lowest BCUT2D eigenvalue weighted by molar-refractivity contribution is -0.130.